The maximum Gasteiger partial charge on any atom is 0.416 e. The van der Waals surface area contributed by atoms with Crippen molar-refractivity contribution in [2.75, 3.05) is 5.73 Å². The maximum absolute atomic E-state index is 13.6. The molecule has 0 fully saturated rings. The van der Waals surface area contributed by atoms with E-state index in [9.17, 15) is 17.6 Å². The fourth-order valence-corrected chi connectivity index (χ4v) is 1.47. The average Bonchev–Trinajstić information content (AvgIpc) is 2.57. The summed E-state index contributed by atoms with van der Waals surface area (Å²) in [5.74, 6) is -0.804. The molecule has 3 nitrogen and oxygen atoms in total. The number of nitrogen functional groups attached to an aromatic ring is 1. The minimum Gasteiger partial charge on any atom is -0.382 e. The van der Waals surface area contributed by atoms with Crippen LogP contribution in [0.2, 0.25) is 0 Å². The molecule has 0 amide bonds. The van der Waals surface area contributed by atoms with Gasteiger partial charge >= 0.3 is 6.18 Å². The van der Waals surface area contributed by atoms with Crippen molar-refractivity contribution in [1.82, 2.24) is 9.78 Å². The van der Waals surface area contributed by atoms with Crippen molar-refractivity contribution in [3.05, 3.63) is 41.3 Å². The summed E-state index contributed by atoms with van der Waals surface area (Å²) in [7, 11) is 0. The van der Waals surface area contributed by atoms with Crippen LogP contribution in [0.5, 0.6) is 0 Å². The number of hydrogen-bond acceptors (Lipinski definition) is 2. The average molecular weight is 259 g/mol. The van der Waals surface area contributed by atoms with Crippen LogP contribution in [0.4, 0.5) is 23.4 Å². The lowest BCUT2D eigenvalue weighted by Gasteiger charge is -2.09. The molecular weight excluding hydrogens is 250 g/mol. The third kappa shape index (κ3) is 2.15. The highest BCUT2D eigenvalue weighted by atomic mass is 19.4. The number of nitrogens with two attached hydrogens (primary N) is 1. The maximum atomic E-state index is 13.6. The second-order valence-electron chi connectivity index (χ2n) is 3.81. The van der Waals surface area contributed by atoms with Crippen molar-refractivity contribution in [2.24, 2.45) is 0 Å². The molecule has 0 radical (unpaired) electrons. The molecule has 96 valence electrons. The smallest absolute Gasteiger partial charge is 0.382 e. The zero-order chi connectivity index (χ0) is 13.5. The van der Waals surface area contributed by atoms with Gasteiger partial charge in [-0.3, -0.25) is 0 Å². The molecule has 0 bridgehead atoms. The minimum atomic E-state index is -4.57. The van der Waals surface area contributed by atoms with Gasteiger partial charge in [-0.05, 0) is 25.1 Å². The molecule has 0 aliphatic heterocycles. The Morgan fingerprint density at radius 2 is 1.94 bits per heavy atom. The number of nitrogens with zero attached hydrogens (tertiary/aromatic N) is 2. The van der Waals surface area contributed by atoms with Gasteiger partial charge in [-0.25, -0.2) is 9.07 Å². The summed E-state index contributed by atoms with van der Waals surface area (Å²) < 4.78 is 51.8. The Bertz CT molecular complexity index is 567. The molecule has 7 heteroatoms. The van der Waals surface area contributed by atoms with E-state index in [0.29, 0.717) is 11.6 Å². The quantitative estimate of drug-likeness (QED) is 0.800. The first-order chi connectivity index (χ1) is 8.29. The highest BCUT2D eigenvalue weighted by molar-refractivity contribution is 5.42. The summed E-state index contributed by atoms with van der Waals surface area (Å²) in [5, 5.41) is 3.81. The van der Waals surface area contributed by atoms with Gasteiger partial charge in [0, 0.05) is 11.8 Å². The standard InChI is InChI=1S/C11H9F4N3/c1-6-5-18(17-10(6)16)9-3-2-7(4-8(9)12)11(13,14)15/h2-5H,1H3,(H2,16,17). The van der Waals surface area contributed by atoms with Crippen molar-refractivity contribution in [2.45, 2.75) is 13.1 Å². The molecule has 2 N–H and O–H groups in total. The number of aromatic nitrogens is 2. The Hall–Kier alpha value is -2.05. The Kier molecular flexibility index (Phi) is 2.76. The lowest BCUT2D eigenvalue weighted by molar-refractivity contribution is -0.137. The fourth-order valence-electron chi connectivity index (χ4n) is 1.47. The molecule has 0 atom stereocenters. The summed E-state index contributed by atoms with van der Waals surface area (Å²) in [5.41, 5.74) is 4.99. The molecule has 1 aromatic heterocycles. The van der Waals surface area contributed by atoms with Crippen molar-refractivity contribution in [3.63, 3.8) is 0 Å². The summed E-state index contributed by atoms with van der Waals surface area (Å²) in [6, 6.07) is 2.25. The topological polar surface area (TPSA) is 43.8 Å². The van der Waals surface area contributed by atoms with E-state index >= 15 is 0 Å². The van der Waals surface area contributed by atoms with Crippen molar-refractivity contribution in [1.29, 1.82) is 0 Å². The highest BCUT2D eigenvalue weighted by Gasteiger charge is 2.31. The van der Waals surface area contributed by atoms with E-state index in [1.807, 2.05) is 0 Å². The number of benzene rings is 1. The van der Waals surface area contributed by atoms with Crippen LogP contribution in [0, 0.1) is 12.7 Å². The first-order valence-electron chi connectivity index (χ1n) is 4.98. The molecule has 0 spiro atoms. The monoisotopic (exact) mass is 259 g/mol. The van der Waals surface area contributed by atoms with E-state index in [0.717, 1.165) is 16.8 Å². The van der Waals surface area contributed by atoms with Crippen molar-refractivity contribution < 1.29 is 17.6 Å². The fraction of sp³-hybridized carbons (Fsp3) is 0.182. The Balaban J connectivity index is 2.48. The predicted octanol–water partition coefficient (Wildman–Crippen LogP) is 2.92. The molecular formula is C11H9F4N3. The van der Waals surface area contributed by atoms with Crippen molar-refractivity contribution in [3.8, 4) is 5.69 Å². The van der Waals surface area contributed by atoms with E-state index in [4.69, 9.17) is 5.73 Å². The van der Waals surface area contributed by atoms with Crippen LogP contribution in [-0.4, -0.2) is 9.78 Å². The Labute approximate surface area is 99.8 Å². The number of anilines is 1. The molecule has 0 aliphatic rings. The van der Waals surface area contributed by atoms with Gasteiger partial charge in [-0.15, -0.1) is 0 Å². The minimum absolute atomic E-state index is 0.0807. The zero-order valence-electron chi connectivity index (χ0n) is 9.29. The second-order valence-corrected chi connectivity index (χ2v) is 3.81. The summed E-state index contributed by atoms with van der Waals surface area (Å²) in [6.45, 7) is 1.67. The van der Waals surface area contributed by atoms with Crippen LogP contribution in [0.3, 0.4) is 0 Å². The van der Waals surface area contributed by atoms with Crippen LogP contribution in [0.1, 0.15) is 11.1 Å². The van der Waals surface area contributed by atoms with Gasteiger partial charge in [-0.1, -0.05) is 0 Å². The summed E-state index contributed by atoms with van der Waals surface area (Å²) >= 11 is 0. The van der Waals surface area contributed by atoms with Crippen LogP contribution in [0.25, 0.3) is 5.69 Å². The summed E-state index contributed by atoms with van der Waals surface area (Å²) in [4.78, 5) is 0. The molecule has 0 unspecified atom stereocenters. The third-order valence-electron chi connectivity index (χ3n) is 2.46. The third-order valence-corrected chi connectivity index (χ3v) is 2.46. The first-order valence-corrected chi connectivity index (χ1v) is 4.98. The Morgan fingerprint density at radius 3 is 2.39 bits per heavy atom. The van der Waals surface area contributed by atoms with Gasteiger partial charge in [0.25, 0.3) is 0 Å². The predicted molar refractivity (Wildman–Crippen MR) is 57.7 cm³/mol. The molecule has 1 heterocycles. The van der Waals surface area contributed by atoms with Crippen LogP contribution >= 0.6 is 0 Å². The van der Waals surface area contributed by atoms with Gasteiger partial charge in [0.2, 0.25) is 0 Å². The van der Waals surface area contributed by atoms with E-state index in [1.54, 1.807) is 6.92 Å². The van der Waals surface area contributed by atoms with Gasteiger partial charge in [0.15, 0.2) is 0 Å². The number of aryl methyl sites for hydroxylation is 1. The van der Waals surface area contributed by atoms with E-state index in [-0.39, 0.29) is 11.5 Å². The van der Waals surface area contributed by atoms with Crippen LogP contribution < -0.4 is 5.73 Å². The summed E-state index contributed by atoms with van der Waals surface area (Å²) in [6.07, 6.45) is -3.13. The number of alkyl halides is 3. The van der Waals surface area contributed by atoms with E-state index < -0.39 is 17.6 Å². The molecule has 2 aromatic rings. The number of rotatable bonds is 1. The molecule has 18 heavy (non-hydrogen) atoms. The second kappa shape index (κ2) is 4.01. The lowest BCUT2D eigenvalue weighted by Crippen LogP contribution is -2.07. The normalized spacial score (nSPS) is 11.8. The largest absolute Gasteiger partial charge is 0.416 e. The number of halogens is 4. The van der Waals surface area contributed by atoms with E-state index in [1.165, 1.54) is 6.20 Å². The Morgan fingerprint density at radius 1 is 1.28 bits per heavy atom. The van der Waals surface area contributed by atoms with Gasteiger partial charge < -0.3 is 5.73 Å². The number of hydrogen-bond donors (Lipinski definition) is 1. The molecule has 0 saturated carbocycles. The van der Waals surface area contributed by atoms with E-state index in [2.05, 4.69) is 5.10 Å². The van der Waals surface area contributed by atoms with Crippen LogP contribution in [0.15, 0.2) is 24.4 Å². The lowest BCUT2D eigenvalue weighted by atomic mass is 10.2. The zero-order valence-corrected chi connectivity index (χ0v) is 9.29. The molecule has 1 aromatic carbocycles. The first kappa shape index (κ1) is 12.4. The van der Waals surface area contributed by atoms with Crippen molar-refractivity contribution >= 4 is 5.82 Å². The SMILES string of the molecule is Cc1cn(-c2ccc(C(F)(F)F)cc2F)nc1N. The van der Waals surface area contributed by atoms with Gasteiger partial charge in [-0.2, -0.15) is 18.3 Å². The van der Waals surface area contributed by atoms with Crippen LogP contribution in [-0.2, 0) is 6.18 Å². The van der Waals surface area contributed by atoms with Gasteiger partial charge in [0.1, 0.15) is 17.3 Å². The molecule has 0 aliphatic carbocycles. The molecule has 0 saturated heterocycles. The highest BCUT2D eigenvalue weighted by Crippen LogP contribution is 2.31. The molecule has 2 rings (SSSR count). The van der Waals surface area contributed by atoms with Gasteiger partial charge in [0.05, 0.1) is 5.56 Å².